The minimum absolute atomic E-state index is 0.166. The lowest BCUT2D eigenvalue weighted by Gasteiger charge is -2.18. The van der Waals surface area contributed by atoms with E-state index >= 15 is 0 Å². The summed E-state index contributed by atoms with van der Waals surface area (Å²) in [5, 5.41) is 5.52. The van der Waals surface area contributed by atoms with Crippen molar-refractivity contribution in [2.75, 3.05) is 0 Å². The van der Waals surface area contributed by atoms with Crippen molar-refractivity contribution in [3.63, 3.8) is 0 Å². The Balaban J connectivity index is 1.77. The number of benzene rings is 2. The molecule has 0 radical (unpaired) electrons. The molecule has 2 N–H and O–H groups in total. The summed E-state index contributed by atoms with van der Waals surface area (Å²) in [6, 6.07) is 12.7. The van der Waals surface area contributed by atoms with Gasteiger partial charge in [0.05, 0.1) is 10.9 Å². The van der Waals surface area contributed by atoms with Crippen LogP contribution in [0.25, 0.3) is 5.69 Å². The zero-order valence-corrected chi connectivity index (χ0v) is 17.0. The molecule has 2 heterocycles. The van der Waals surface area contributed by atoms with Gasteiger partial charge in [0.25, 0.3) is 5.56 Å². The predicted octanol–water partition coefficient (Wildman–Crippen LogP) is 3.83. The van der Waals surface area contributed by atoms with Crippen LogP contribution >= 0.6 is 35.0 Å². The molecule has 4 aromatic rings. The molecule has 4 rings (SSSR count). The van der Waals surface area contributed by atoms with Crippen LogP contribution in [-0.2, 0) is 0 Å². The highest BCUT2D eigenvalue weighted by molar-refractivity contribution is 7.99. The van der Waals surface area contributed by atoms with E-state index in [1.165, 1.54) is 11.8 Å². The molecule has 7 nitrogen and oxygen atoms in total. The molecule has 1 unspecified atom stereocenters. The van der Waals surface area contributed by atoms with Gasteiger partial charge >= 0.3 is 5.69 Å². The smallest absolute Gasteiger partial charge is 0.340 e. The predicted molar refractivity (Wildman–Crippen MR) is 113 cm³/mol. The van der Waals surface area contributed by atoms with Gasteiger partial charge in [-0.05, 0) is 35.4 Å². The fourth-order valence-corrected chi connectivity index (χ4v) is 4.35. The lowest BCUT2D eigenvalue weighted by molar-refractivity contribution is 0.749. The van der Waals surface area contributed by atoms with Crippen LogP contribution in [0.2, 0.25) is 10.0 Å². The number of thioether (sulfide) groups is 1. The van der Waals surface area contributed by atoms with E-state index in [2.05, 4.69) is 20.1 Å². The second-order valence-corrected chi connectivity index (χ2v) is 7.94. The molecule has 0 spiro atoms. The van der Waals surface area contributed by atoms with Crippen molar-refractivity contribution in [1.29, 1.82) is 0 Å². The Hall–Kier alpha value is -2.81. The van der Waals surface area contributed by atoms with Gasteiger partial charge in [0.2, 0.25) is 0 Å². The molecule has 1 atom stereocenters. The molecule has 146 valence electrons. The Bertz CT molecular complexity index is 1250. The Kier molecular flexibility index (Phi) is 5.57. The van der Waals surface area contributed by atoms with Gasteiger partial charge in [0, 0.05) is 22.4 Å². The van der Waals surface area contributed by atoms with Gasteiger partial charge in [-0.25, -0.2) is 9.78 Å². The molecular weight excluding hydrogens is 433 g/mol. The van der Waals surface area contributed by atoms with Crippen LogP contribution in [0.1, 0.15) is 16.4 Å². The number of rotatable bonds is 5. The number of nitrogens with one attached hydrogen (secondary N) is 2. The summed E-state index contributed by atoms with van der Waals surface area (Å²) in [6.07, 6.45) is 4.47. The first-order valence-corrected chi connectivity index (χ1v) is 10.0. The van der Waals surface area contributed by atoms with E-state index in [1.54, 1.807) is 24.5 Å². The van der Waals surface area contributed by atoms with Crippen LogP contribution in [0.4, 0.5) is 0 Å². The van der Waals surface area contributed by atoms with E-state index in [0.29, 0.717) is 15.7 Å². The van der Waals surface area contributed by atoms with E-state index in [0.717, 1.165) is 27.2 Å². The summed E-state index contributed by atoms with van der Waals surface area (Å²) in [6.45, 7) is 0. The molecule has 0 aliphatic heterocycles. The van der Waals surface area contributed by atoms with Gasteiger partial charge in [0.15, 0.2) is 5.16 Å². The van der Waals surface area contributed by atoms with Crippen LogP contribution in [-0.4, -0.2) is 24.7 Å². The highest BCUT2D eigenvalue weighted by atomic mass is 35.5. The number of nitrogens with zero attached hydrogens (tertiary/aromatic N) is 3. The lowest BCUT2D eigenvalue weighted by Crippen LogP contribution is -2.30. The maximum absolute atomic E-state index is 12.0. The third-order valence-corrected chi connectivity index (χ3v) is 5.89. The number of H-pyrrole nitrogens is 2. The largest absolute Gasteiger partial charge is 0.349 e. The molecule has 0 aliphatic carbocycles. The van der Waals surface area contributed by atoms with Crippen molar-refractivity contribution in [3.8, 4) is 5.69 Å². The highest BCUT2D eigenvalue weighted by Gasteiger charge is 2.20. The van der Waals surface area contributed by atoms with E-state index in [1.807, 2.05) is 30.3 Å². The van der Waals surface area contributed by atoms with E-state index in [9.17, 15) is 9.59 Å². The van der Waals surface area contributed by atoms with Gasteiger partial charge in [-0.15, -0.1) is 0 Å². The molecule has 0 fully saturated rings. The molecule has 0 aliphatic rings. The second kappa shape index (κ2) is 8.28. The van der Waals surface area contributed by atoms with Crippen molar-refractivity contribution in [3.05, 3.63) is 103 Å². The molecular formula is C19H13Cl2N5O2S. The van der Waals surface area contributed by atoms with Gasteiger partial charge in [-0.3, -0.25) is 9.78 Å². The minimum Gasteiger partial charge on any atom is -0.340 e. The molecule has 2 aromatic carbocycles. The monoisotopic (exact) mass is 445 g/mol. The van der Waals surface area contributed by atoms with Gasteiger partial charge in [-0.2, -0.15) is 9.78 Å². The first-order valence-electron chi connectivity index (χ1n) is 8.41. The average Bonchev–Trinajstić information content (AvgIpc) is 3.20. The van der Waals surface area contributed by atoms with Gasteiger partial charge in [0.1, 0.15) is 6.20 Å². The quantitative estimate of drug-likeness (QED) is 0.455. The SMILES string of the molecule is O=c1cnn(-c2ccc(C(Sc3ncc[nH]3)c3ccc(Cl)cc3)c(Cl)c2)c(=O)[nH]1. The maximum atomic E-state index is 12.0. The standard InChI is InChI=1S/C19H13Cl2N5O2S/c20-12-3-1-11(2-4-12)17(29-18-22-7-8-23-18)14-6-5-13(9-15(14)21)26-19(28)25-16(27)10-24-26/h1-10,17H,(H,22,23)(H,25,27,28). The summed E-state index contributed by atoms with van der Waals surface area (Å²) >= 11 is 14.1. The highest BCUT2D eigenvalue weighted by Crippen LogP contribution is 2.42. The van der Waals surface area contributed by atoms with E-state index in [4.69, 9.17) is 23.2 Å². The van der Waals surface area contributed by atoms with Crippen molar-refractivity contribution in [2.24, 2.45) is 0 Å². The number of hydrogen-bond donors (Lipinski definition) is 2. The normalized spacial score (nSPS) is 12.1. The van der Waals surface area contributed by atoms with E-state index < -0.39 is 11.2 Å². The van der Waals surface area contributed by atoms with Crippen LogP contribution in [0, 0.1) is 0 Å². The van der Waals surface area contributed by atoms with Crippen LogP contribution in [0.5, 0.6) is 0 Å². The zero-order valence-electron chi connectivity index (χ0n) is 14.7. The summed E-state index contributed by atoms with van der Waals surface area (Å²) in [4.78, 5) is 32.8. The molecule has 2 aromatic heterocycles. The lowest BCUT2D eigenvalue weighted by atomic mass is 10.0. The second-order valence-electron chi connectivity index (χ2n) is 6.00. The average molecular weight is 446 g/mol. The summed E-state index contributed by atoms with van der Waals surface area (Å²) in [5.41, 5.74) is 1.06. The molecule has 0 saturated carbocycles. The minimum atomic E-state index is -0.638. The number of imidazole rings is 1. The van der Waals surface area contributed by atoms with E-state index in [-0.39, 0.29) is 5.25 Å². The van der Waals surface area contributed by atoms with Crippen LogP contribution < -0.4 is 11.2 Å². The molecule has 0 bridgehead atoms. The van der Waals surface area contributed by atoms with Crippen LogP contribution in [0.3, 0.4) is 0 Å². The molecule has 10 heteroatoms. The van der Waals surface area contributed by atoms with Crippen molar-refractivity contribution >= 4 is 35.0 Å². The first-order chi connectivity index (χ1) is 14.0. The number of halogens is 2. The topological polar surface area (TPSA) is 96.4 Å². The van der Waals surface area contributed by atoms with Crippen molar-refractivity contribution < 1.29 is 0 Å². The summed E-state index contributed by atoms with van der Waals surface area (Å²) in [7, 11) is 0. The molecule has 0 amide bonds. The summed E-state index contributed by atoms with van der Waals surface area (Å²) in [5.74, 6) is 0. The number of aromatic amines is 2. The van der Waals surface area contributed by atoms with Crippen molar-refractivity contribution in [2.45, 2.75) is 10.4 Å². The zero-order chi connectivity index (χ0) is 20.4. The first kappa shape index (κ1) is 19.5. The van der Waals surface area contributed by atoms with Gasteiger partial charge in [-0.1, -0.05) is 53.2 Å². The fraction of sp³-hybridized carbons (Fsp3) is 0.0526. The van der Waals surface area contributed by atoms with Gasteiger partial charge < -0.3 is 4.98 Å². The Morgan fingerprint density at radius 2 is 1.86 bits per heavy atom. The molecule has 29 heavy (non-hydrogen) atoms. The van der Waals surface area contributed by atoms with Crippen molar-refractivity contribution in [1.82, 2.24) is 24.7 Å². The third kappa shape index (κ3) is 4.29. The maximum Gasteiger partial charge on any atom is 0.349 e. The number of hydrogen-bond acceptors (Lipinski definition) is 5. The third-order valence-electron chi connectivity index (χ3n) is 4.10. The Labute approximate surface area is 178 Å². The molecule has 0 saturated heterocycles. The Morgan fingerprint density at radius 3 is 2.52 bits per heavy atom. The number of aromatic nitrogens is 5. The van der Waals surface area contributed by atoms with Crippen LogP contribution in [0.15, 0.2) is 75.8 Å². The fourth-order valence-electron chi connectivity index (χ4n) is 2.77. The summed E-state index contributed by atoms with van der Waals surface area (Å²) < 4.78 is 1.08. The Morgan fingerprint density at radius 1 is 1.07 bits per heavy atom.